The molecule has 1 aliphatic carbocycles. The summed E-state index contributed by atoms with van der Waals surface area (Å²) in [5.41, 5.74) is -0.149. The van der Waals surface area contributed by atoms with Crippen molar-refractivity contribution < 1.29 is 14.2 Å². The number of aliphatic hydroxyl groups is 1. The molecule has 15 heavy (non-hydrogen) atoms. The van der Waals surface area contributed by atoms with Crippen molar-refractivity contribution in [3.05, 3.63) is 29.6 Å². The van der Waals surface area contributed by atoms with Crippen LogP contribution in [0.15, 0.2) is 18.2 Å². The normalized spacial score (nSPS) is 18.3. The highest BCUT2D eigenvalue weighted by atomic mass is 19.1. The topological polar surface area (TPSA) is 29.5 Å². The van der Waals surface area contributed by atoms with Gasteiger partial charge in [-0.2, -0.15) is 0 Å². The highest BCUT2D eigenvalue weighted by Crippen LogP contribution is 2.36. The first-order valence-electron chi connectivity index (χ1n) is 5.18. The number of ether oxygens (including phenoxy) is 1. The van der Waals surface area contributed by atoms with E-state index in [0.717, 1.165) is 19.3 Å². The van der Waals surface area contributed by atoms with Gasteiger partial charge >= 0.3 is 0 Å². The molecule has 1 saturated carbocycles. The molecule has 0 spiro atoms. The third-order valence-corrected chi connectivity index (χ3v) is 3.07. The van der Waals surface area contributed by atoms with Gasteiger partial charge in [0.1, 0.15) is 0 Å². The predicted octanol–water partition coefficient (Wildman–Crippen LogP) is 2.29. The minimum Gasteiger partial charge on any atom is -0.494 e. The molecule has 2 nitrogen and oxygen atoms in total. The van der Waals surface area contributed by atoms with Crippen molar-refractivity contribution in [2.45, 2.75) is 31.3 Å². The van der Waals surface area contributed by atoms with Crippen LogP contribution in [0.25, 0.3) is 0 Å². The van der Waals surface area contributed by atoms with Gasteiger partial charge in [-0.15, -0.1) is 0 Å². The van der Waals surface area contributed by atoms with E-state index in [4.69, 9.17) is 4.74 Å². The van der Waals surface area contributed by atoms with Gasteiger partial charge in [-0.3, -0.25) is 0 Å². The Balaban J connectivity index is 2.20. The molecule has 3 heteroatoms. The molecule has 0 unspecified atom stereocenters. The largest absolute Gasteiger partial charge is 0.494 e. The molecule has 0 bridgehead atoms. The number of benzene rings is 1. The second kappa shape index (κ2) is 3.81. The number of hydrogen-bond acceptors (Lipinski definition) is 2. The quantitative estimate of drug-likeness (QED) is 0.829. The molecule has 82 valence electrons. The summed E-state index contributed by atoms with van der Waals surface area (Å²) >= 11 is 0. The summed E-state index contributed by atoms with van der Waals surface area (Å²) in [6.07, 6.45) is 2.95. The van der Waals surface area contributed by atoms with E-state index in [-0.39, 0.29) is 11.6 Å². The molecule has 1 aliphatic rings. The van der Waals surface area contributed by atoms with Crippen LogP contribution in [-0.4, -0.2) is 17.8 Å². The van der Waals surface area contributed by atoms with Gasteiger partial charge in [-0.05, 0) is 30.9 Å². The van der Waals surface area contributed by atoms with Gasteiger partial charge in [-0.1, -0.05) is 12.1 Å². The Hall–Kier alpha value is -1.09. The monoisotopic (exact) mass is 210 g/mol. The summed E-state index contributed by atoms with van der Waals surface area (Å²) in [6.45, 7) is 0. The van der Waals surface area contributed by atoms with Crippen molar-refractivity contribution in [3.63, 3.8) is 0 Å². The van der Waals surface area contributed by atoms with Gasteiger partial charge < -0.3 is 9.84 Å². The van der Waals surface area contributed by atoms with Crippen molar-refractivity contribution in [2.24, 2.45) is 0 Å². The van der Waals surface area contributed by atoms with E-state index in [9.17, 15) is 9.50 Å². The molecular formula is C12H15FO2. The average molecular weight is 210 g/mol. The lowest BCUT2D eigenvalue weighted by Gasteiger charge is -2.36. The van der Waals surface area contributed by atoms with Gasteiger partial charge in [0.15, 0.2) is 11.6 Å². The highest BCUT2D eigenvalue weighted by Gasteiger charge is 2.35. The predicted molar refractivity (Wildman–Crippen MR) is 55.5 cm³/mol. The summed E-state index contributed by atoms with van der Waals surface area (Å²) in [5.74, 6) is -0.101. The van der Waals surface area contributed by atoms with E-state index in [1.165, 1.54) is 7.11 Å². The second-order valence-electron chi connectivity index (χ2n) is 4.19. The summed E-state index contributed by atoms with van der Waals surface area (Å²) in [5, 5.41) is 9.94. The lowest BCUT2D eigenvalue weighted by atomic mass is 9.76. The minimum atomic E-state index is -0.687. The third-order valence-electron chi connectivity index (χ3n) is 3.07. The fourth-order valence-electron chi connectivity index (χ4n) is 1.97. The Morgan fingerprint density at radius 1 is 1.47 bits per heavy atom. The van der Waals surface area contributed by atoms with Gasteiger partial charge in [-0.25, -0.2) is 4.39 Å². The molecule has 0 aromatic heterocycles. The molecule has 1 N–H and O–H groups in total. The maximum Gasteiger partial charge on any atom is 0.168 e. The van der Waals surface area contributed by atoms with E-state index in [1.807, 2.05) is 0 Å². The number of halogens is 1. The van der Waals surface area contributed by atoms with Crippen LogP contribution in [0.2, 0.25) is 0 Å². The lowest BCUT2D eigenvalue weighted by molar-refractivity contribution is -0.0329. The van der Waals surface area contributed by atoms with Crippen LogP contribution in [0.1, 0.15) is 24.8 Å². The van der Waals surface area contributed by atoms with Gasteiger partial charge in [0, 0.05) is 6.42 Å². The molecule has 0 heterocycles. The van der Waals surface area contributed by atoms with Crippen LogP contribution < -0.4 is 4.74 Å². The zero-order chi connectivity index (χ0) is 10.9. The smallest absolute Gasteiger partial charge is 0.168 e. The van der Waals surface area contributed by atoms with Gasteiger partial charge in [0.2, 0.25) is 0 Å². The first-order chi connectivity index (χ1) is 7.14. The summed E-state index contributed by atoms with van der Waals surface area (Å²) in [7, 11) is 1.44. The van der Waals surface area contributed by atoms with Crippen LogP contribution in [0.3, 0.4) is 0 Å². The first-order valence-corrected chi connectivity index (χ1v) is 5.18. The van der Waals surface area contributed by atoms with Crippen LogP contribution in [-0.2, 0) is 6.42 Å². The third kappa shape index (κ3) is 1.97. The summed E-state index contributed by atoms with van der Waals surface area (Å²) < 4.78 is 18.6. The molecule has 0 radical (unpaired) electrons. The average Bonchev–Trinajstić information content (AvgIpc) is 2.19. The summed E-state index contributed by atoms with van der Waals surface area (Å²) in [4.78, 5) is 0. The van der Waals surface area contributed by atoms with Crippen LogP contribution >= 0.6 is 0 Å². The van der Waals surface area contributed by atoms with Crippen molar-refractivity contribution in [1.82, 2.24) is 0 Å². The van der Waals surface area contributed by atoms with Crippen molar-refractivity contribution in [1.29, 1.82) is 0 Å². The molecular weight excluding hydrogens is 195 g/mol. The maximum atomic E-state index is 13.7. The van der Waals surface area contributed by atoms with E-state index in [0.29, 0.717) is 12.0 Å². The summed E-state index contributed by atoms with van der Waals surface area (Å²) in [6, 6.07) is 5.04. The van der Waals surface area contributed by atoms with E-state index >= 15 is 0 Å². The zero-order valence-corrected chi connectivity index (χ0v) is 8.79. The molecule has 1 fully saturated rings. The van der Waals surface area contributed by atoms with Crippen molar-refractivity contribution in [2.75, 3.05) is 7.11 Å². The molecule has 0 amide bonds. The zero-order valence-electron chi connectivity index (χ0n) is 8.79. The van der Waals surface area contributed by atoms with E-state index in [1.54, 1.807) is 18.2 Å². The first kappa shape index (κ1) is 10.4. The molecule has 2 rings (SSSR count). The molecule has 1 aromatic carbocycles. The maximum absolute atomic E-state index is 13.7. The standard InChI is InChI=1S/C12H15FO2/c1-15-10-5-2-4-9(11(10)13)8-12(14)6-3-7-12/h2,4-5,14H,3,6-8H2,1H3. The fourth-order valence-corrected chi connectivity index (χ4v) is 1.97. The van der Waals surface area contributed by atoms with Crippen LogP contribution in [0.5, 0.6) is 5.75 Å². The van der Waals surface area contributed by atoms with E-state index < -0.39 is 5.60 Å². The van der Waals surface area contributed by atoms with E-state index in [2.05, 4.69) is 0 Å². The fraction of sp³-hybridized carbons (Fsp3) is 0.500. The Bertz CT molecular complexity index is 359. The number of hydrogen-bond donors (Lipinski definition) is 1. The lowest BCUT2D eigenvalue weighted by Crippen LogP contribution is -2.39. The Morgan fingerprint density at radius 3 is 2.73 bits per heavy atom. The number of rotatable bonds is 3. The Labute approximate surface area is 88.7 Å². The van der Waals surface area contributed by atoms with Crippen molar-refractivity contribution in [3.8, 4) is 5.75 Å². The molecule has 0 saturated heterocycles. The van der Waals surface area contributed by atoms with Crippen LogP contribution in [0.4, 0.5) is 4.39 Å². The van der Waals surface area contributed by atoms with Crippen molar-refractivity contribution >= 4 is 0 Å². The molecule has 0 aliphatic heterocycles. The molecule has 1 aromatic rings. The Morgan fingerprint density at radius 2 is 2.20 bits per heavy atom. The Kier molecular flexibility index (Phi) is 2.65. The minimum absolute atomic E-state index is 0.246. The highest BCUT2D eigenvalue weighted by molar-refractivity contribution is 5.32. The SMILES string of the molecule is COc1cccc(CC2(O)CCC2)c1F. The van der Waals surface area contributed by atoms with Gasteiger partial charge in [0.25, 0.3) is 0 Å². The van der Waals surface area contributed by atoms with Gasteiger partial charge in [0.05, 0.1) is 12.7 Å². The van der Waals surface area contributed by atoms with Crippen LogP contribution in [0, 0.1) is 5.82 Å². The molecule has 0 atom stereocenters. The second-order valence-corrected chi connectivity index (χ2v) is 4.19. The number of methoxy groups -OCH3 is 1.